The zero-order valence-corrected chi connectivity index (χ0v) is 14.2. The van der Waals surface area contributed by atoms with Crippen LogP contribution in [0.2, 0.25) is 0 Å². The Morgan fingerprint density at radius 3 is 2.68 bits per heavy atom. The maximum Gasteiger partial charge on any atom is 0.286 e. The second-order valence-electron chi connectivity index (χ2n) is 5.55. The van der Waals surface area contributed by atoms with Gasteiger partial charge in [0.1, 0.15) is 0 Å². The number of rotatable bonds is 5. The number of aliphatic imine (C=N–C) groups is 1. The Hall–Kier alpha value is -2.87. The third-order valence-electron chi connectivity index (χ3n) is 3.58. The highest BCUT2D eigenvalue weighted by Gasteiger charge is 2.21. The molecule has 0 bridgehead atoms. The molecule has 2 aromatic rings. The number of thioether (sulfide) groups is 1. The number of amidine groups is 1. The summed E-state index contributed by atoms with van der Waals surface area (Å²) < 4.78 is 1.53. The average Bonchev–Trinajstić information content (AvgIpc) is 3.09. The fourth-order valence-corrected chi connectivity index (χ4v) is 3.04. The van der Waals surface area contributed by atoms with E-state index in [4.69, 9.17) is 5.73 Å². The van der Waals surface area contributed by atoms with Crippen molar-refractivity contribution in [3.8, 4) is 11.3 Å². The van der Waals surface area contributed by atoms with Gasteiger partial charge in [0.15, 0.2) is 5.17 Å². The number of amides is 1. The van der Waals surface area contributed by atoms with Crippen molar-refractivity contribution < 1.29 is 14.7 Å². The molecule has 0 saturated heterocycles. The van der Waals surface area contributed by atoms with Crippen molar-refractivity contribution in [1.82, 2.24) is 9.78 Å². The monoisotopic (exact) mass is 355 g/mol. The SMILES string of the molecule is Cc1ccc(-c2nn(CCC(=O)[O-])cc2C=C2SC(N)=NC2=O)cc1. The number of carboxylic acid groups (broad SMARTS) is 1. The molecule has 2 heterocycles. The summed E-state index contributed by atoms with van der Waals surface area (Å²) in [7, 11) is 0. The second-order valence-corrected chi connectivity index (χ2v) is 6.61. The van der Waals surface area contributed by atoms with Gasteiger partial charge in [-0.2, -0.15) is 10.1 Å². The van der Waals surface area contributed by atoms with Crippen LogP contribution in [0.1, 0.15) is 17.5 Å². The Morgan fingerprint density at radius 1 is 1.36 bits per heavy atom. The molecule has 1 aliphatic heterocycles. The van der Waals surface area contributed by atoms with Crippen LogP contribution in [0, 0.1) is 6.92 Å². The highest BCUT2D eigenvalue weighted by Crippen LogP contribution is 2.30. The van der Waals surface area contributed by atoms with Gasteiger partial charge in [-0.25, -0.2) is 0 Å². The largest absolute Gasteiger partial charge is 0.550 e. The van der Waals surface area contributed by atoms with Crippen molar-refractivity contribution in [1.29, 1.82) is 0 Å². The Morgan fingerprint density at radius 2 is 2.08 bits per heavy atom. The zero-order chi connectivity index (χ0) is 18.0. The van der Waals surface area contributed by atoms with Crippen LogP contribution in [0.4, 0.5) is 0 Å². The quantitative estimate of drug-likeness (QED) is 0.798. The molecular formula is C17H15N4O3S-. The van der Waals surface area contributed by atoms with Crippen molar-refractivity contribution in [2.24, 2.45) is 10.7 Å². The van der Waals surface area contributed by atoms with Crippen LogP contribution in [0.5, 0.6) is 0 Å². The first-order valence-electron chi connectivity index (χ1n) is 7.55. The summed E-state index contributed by atoms with van der Waals surface area (Å²) in [5, 5.41) is 15.4. The topological polar surface area (TPSA) is 113 Å². The molecule has 1 aromatic carbocycles. The number of hydrogen-bond donors (Lipinski definition) is 1. The van der Waals surface area contributed by atoms with E-state index in [0.29, 0.717) is 16.2 Å². The van der Waals surface area contributed by atoms with Gasteiger partial charge >= 0.3 is 0 Å². The summed E-state index contributed by atoms with van der Waals surface area (Å²) in [6.07, 6.45) is 3.23. The molecule has 1 aliphatic rings. The minimum atomic E-state index is -1.14. The molecule has 0 saturated carbocycles. The zero-order valence-electron chi connectivity index (χ0n) is 13.4. The van der Waals surface area contributed by atoms with Gasteiger partial charge in [0.2, 0.25) is 0 Å². The lowest BCUT2D eigenvalue weighted by molar-refractivity contribution is -0.306. The molecule has 0 unspecified atom stereocenters. The molecule has 0 aliphatic carbocycles. The normalized spacial score (nSPS) is 15.6. The van der Waals surface area contributed by atoms with E-state index in [1.165, 1.54) is 4.68 Å². The van der Waals surface area contributed by atoms with Crippen LogP contribution >= 0.6 is 11.8 Å². The first-order valence-corrected chi connectivity index (χ1v) is 8.36. The van der Waals surface area contributed by atoms with Gasteiger partial charge in [-0.05, 0) is 24.8 Å². The first kappa shape index (κ1) is 17.0. The number of nitrogens with two attached hydrogens (primary N) is 1. The Bertz CT molecular complexity index is 897. The standard InChI is InChI=1S/C17H16N4O3S/c1-10-2-4-11(5-3-10)15-12(8-13-16(24)19-17(18)25-13)9-21(20-15)7-6-14(22)23/h2-5,8-9H,6-7H2,1H3,(H,22,23)(H2,18,19,24)/p-1. The fourth-order valence-electron chi connectivity index (χ4n) is 2.37. The summed E-state index contributed by atoms with van der Waals surface area (Å²) in [6.45, 7) is 2.17. The lowest BCUT2D eigenvalue weighted by Crippen LogP contribution is -2.23. The summed E-state index contributed by atoms with van der Waals surface area (Å²) >= 11 is 1.10. The van der Waals surface area contributed by atoms with E-state index in [2.05, 4.69) is 10.1 Å². The van der Waals surface area contributed by atoms with Gasteiger partial charge < -0.3 is 15.6 Å². The van der Waals surface area contributed by atoms with E-state index in [0.717, 1.165) is 22.9 Å². The van der Waals surface area contributed by atoms with Gasteiger partial charge in [-0.3, -0.25) is 9.48 Å². The van der Waals surface area contributed by atoms with Crippen molar-refractivity contribution >= 4 is 34.9 Å². The number of aliphatic carboxylic acids is 1. The molecule has 1 amide bonds. The predicted molar refractivity (Wildman–Crippen MR) is 94.2 cm³/mol. The summed E-state index contributed by atoms with van der Waals surface area (Å²) in [6, 6.07) is 7.78. The van der Waals surface area contributed by atoms with Gasteiger partial charge in [0.05, 0.1) is 10.6 Å². The van der Waals surface area contributed by atoms with Gasteiger partial charge in [-0.15, -0.1) is 0 Å². The van der Waals surface area contributed by atoms with Gasteiger partial charge in [-0.1, -0.05) is 29.8 Å². The summed E-state index contributed by atoms with van der Waals surface area (Å²) in [5.74, 6) is -1.53. The van der Waals surface area contributed by atoms with Gasteiger partial charge in [0.25, 0.3) is 5.91 Å². The number of carbonyl (C=O) groups excluding carboxylic acids is 2. The van der Waals surface area contributed by atoms with Crippen LogP contribution < -0.4 is 10.8 Å². The van der Waals surface area contributed by atoms with E-state index in [1.54, 1.807) is 12.3 Å². The van der Waals surface area contributed by atoms with E-state index in [1.807, 2.05) is 31.2 Å². The number of hydrogen-bond acceptors (Lipinski definition) is 6. The number of carbonyl (C=O) groups is 2. The molecule has 0 fully saturated rings. The lowest BCUT2D eigenvalue weighted by atomic mass is 10.1. The number of aryl methyl sites for hydroxylation is 2. The van der Waals surface area contributed by atoms with Crippen molar-refractivity contribution in [3.63, 3.8) is 0 Å². The van der Waals surface area contributed by atoms with E-state index >= 15 is 0 Å². The average molecular weight is 355 g/mol. The molecule has 2 N–H and O–H groups in total. The maximum absolute atomic E-state index is 11.8. The van der Waals surface area contributed by atoms with E-state index in [-0.39, 0.29) is 24.0 Å². The summed E-state index contributed by atoms with van der Waals surface area (Å²) in [5.41, 5.74) is 8.92. The third kappa shape index (κ3) is 3.97. The Labute approximate surface area is 148 Å². The molecule has 7 nitrogen and oxygen atoms in total. The number of aromatic nitrogens is 2. The van der Waals surface area contributed by atoms with Crippen molar-refractivity contribution in [3.05, 3.63) is 46.5 Å². The molecule has 8 heteroatoms. The molecule has 25 heavy (non-hydrogen) atoms. The molecule has 0 radical (unpaired) electrons. The fraction of sp³-hybridized carbons (Fsp3) is 0.176. The lowest BCUT2D eigenvalue weighted by Gasteiger charge is -2.02. The molecule has 0 atom stereocenters. The predicted octanol–water partition coefficient (Wildman–Crippen LogP) is 0.928. The Kier molecular flexibility index (Phi) is 4.71. The van der Waals surface area contributed by atoms with E-state index in [9.17, 15) is 14.7 Å². The summed E-state index contributed by atoms with van der Waals surface area (Å²) in [4.78, 5) is 26.6. The minimum Gasteiger partial charge on any atom is -0.550 e. The molecule has 128 valence electrons. The van der Waals surface area contributed by atoms with Crippen LogP contribution in [0.3, 0.4) is 0 Å². The first-order chi connectivity index (χ1) is 11.9. The highest BCUT2D eigenvalue weighted by molar-refractivity contribution is 8.18. The van der Waals surface area contributed by atoms with Gasteiger partial charge in [0, 0.05) is 36.3 Å². The number of nitrogens with zero attached hydrogens (tertiary/aromatic N) is 3. The smallest absolute Gasteiger partial charge is 0.286 e. The maximum atomic E-state index is 11.8. The molecule has 1 aromatic heterocycles. The molecule has 3 rings (SSSR count). The highest BCUT2D eigenvalue weighted by atomic mass is 32.2. The van der Waals surface area contributed by atoms with Crippen molar-refractivity contribution in [2.45, 2.75) is 19.9 Å². The van der Waals surface area contributed by atoms with Crippen LogP contribution in [-0.4, -0.2) is 26.8 Å². The molecular weight excluding hydrogens is 340 g/mol. The molecule has 0 spiro atoms. The van der Waals surface area contributed by atoms with Crippen molar-refractivity contribution in [2.75, 3.05) is 0 Å². The van der Waals surface area contributed by atoms with Crippen LogP contribution in [0.25, 0.3) is 17.3 Å². The third-order valence-corrected chi connectivity index (χ3v) is 4.40. The second kappa shape index (κ2) is 6.94. The minimum absolute atomic E-state index is 0.144. The van der Waals surface area contributed by atoms with E-state index < -0.39 is 5.97 Å². The Balaban J connectivity index is 1.99. The number of benzene rings is 1. The van der Waals surface area contributed by atoms with Crippen LogP contribution in [-0.2, 0) is 16.1 Å². The van der Waals surface area contributed by atoms with Crippen LogP contribution in [0.15, 0.2) is 40.4 Å². The number of carboxylic acids is 1.